The normalized spacial score (nSPS) is 20.4. The van der Waals surface area contributed by atoms with Gasteiger partial charge in [0.25, 0.3) is 0 Å². The molecule has 0 spiro atoms. The van der Waals surface area contributed by atoms with Gasteiger partial charge >= 0.3 is 6.03 Å². The second-order valence-electron chi connectivity index (χ2n) is 4.38. The van der Waals surface area contributed by atoms with E-state index in [1.54, 1.807) is 0 Å². The molecule has 0 aromatic carbocycles. The molecule has 0 bridgehead atoms. The summed E-state index contributed by atoms with van der Waals surface area (Å²) in [7, 11) is 0. The van der Waals surface area contributed by atoms with Gasteiger partial charge < -0.3 is 20.1 Å². The summed E-state index contributed by atoms with van der Waals surface area (Å²) in [4.78, 5) is 11.2. The van der Waals surface area contributed by atoms with Gasteiger partial charge in [0.05, 0.1) is 13.2 Å². The average Bonchev–Trinajstić information content (AvgIpc) is 2.62. The van der Waals surface area contributed by atoms with Crippen LogP contribution in [0.1, 0.15) is 27.2 Å². The molecule has 16 heavy (non-hydrogen) atoms. The maximum Gasteiger partial charge on any atom is 0.314 e. The maximum atomic E-state index is 11.2. The van der Waals surface area contributed by atoms with Crippen molar-refractivity contribution in [1.82, 2.24) is 10.6 Å². The smallest absolute Gasteiger partial charge is 0.314 e. The summed E-state index contributed by atoms with van der Waals surface area (Å²) in [6.45, 7) is 8.51. The predicted molar refractivity (Wildman–Crippen MR) is 61.2 cm³/mol. The molecule has 94 valence electrons. The average molecular weight is 230 g/mol. The lowest BCUT2D eigenvalue weighted by Gasteiger charge is -2.25. The van der Waals surface area contributed by atoms with Gasteiger partial charge in [0.15, 0.2) is 5.79 Å². The maximum absolute atomic E-state index is 11.2. The first-order valence-electron chi connectivity index (χ1n) is 5.85. The Bertz CT molecular complexity index is 227. The minimum atomic E-state index is -0.470. The molecule has 0 aromatic rings. The van der Waals surface area contributed by atoms with Gasteiger partial charge in [-0.2, -0.15) is 0 Å². The number of carbonyl (C=O) groups excluding carboxylic acids is 1. The molecule has 2 amide bonds. The van der Waals surface area contributed by atoms with Gasteiger partial charge in [-0.05, 0) is 19.8 Å². The van der Waals surface area contributed by atoms with Crippen LogP contribution in [0.5, 0.6) is 0 Å². The molecule has 0 radical (unpaired) electrons. The summed E-state index contributed by atoms with van der Waals surface area (Å²) in [5, 5.41) is 5.50. The zero-order valence-electron chi connectivity index (χ0n) is 10.3. The minimum absolute atomic E-state index is 0.118. The van der Waals surface area contributed by atoms with E-state index >= 15 is 0 Å². The van der Waals surface area contributed by atoms with Crippen LogP contribution in [0.2, 0.25) is 0 Å². The Labute approximate surface area is 96.9 Å². The number of ether oxygens (including phenoxy) is 2. The number of hydrogen-bond donors (Lipinski definition) is 2. The number of urea groups is 1. The Hall–Kier alpha value is -0.810. The van der Waals surface area contributed by atoms with Crippen LogP contribution in [0, 0.1) is 5.92 Å². The number of hydrogen-bond acceptors (Lipinski definition) is 3. The first-order chi connectivity index (χ1) is 7.56. The van der Waals surface area contributed by atoms with Crippen LogP contribution in [0.3, 0.4) is 0 Å². The topological polar surface area (TPSA) is 59.6 Å². The first-order valence-corrected chi connectivity index (χ1v) is 5.85. The molecule has 1 saturated heterocycles. The Morgan fingerprint density at radius 3 is 2.56 bits per heavy atom. The van der Waals surface area contributed by atoms with Crippen LogP contribution in [-0.2, 0) is 9.47 Å². The fourth-order valence-corrected chi connectivity index (χ4v) is 1.87. The summed E-state index contributed by atoms with van der Waals surface area (Å²) in [5.41, 5.74) is 0. The van der Waals surface area contributed by atoms with Crippen LogP contribution < -0.4 is 10.6 Å². The fourth-order valence-electron chi connectivity index (χ4n) is 1.87. The van der Waals surface area contributed by atoms with E-state index in [9.17, 15) is 4.79 Å². The molecule has 1 fully saturated rings. The van der Waals surface area contributed by atoms with E-state index in [4.69, 9.17) is 9.47 Å². The van der Waals surface area contributed by atoms with E-state index in [1.165, 1.54) is 0 Å². The Morgan fingerprint density at radius 1 is 1.38 bits per heavy atom. The number of nitrogens with one attached hydrogen (secondary N) is 2. The van der Waals surface area contributed by atoms with Crippen molar-refractivity contribution in [2.75, 3.05) is 26.3 Å². The highest BCUT2D eigenvalue weighted by Gasteiger charge is 2.32. The van der Waals surface area contributed by atoms with Crippen LogP contribution in [0.25, 0.3) is 0 Å². The molecule has 1 rings (SSSR count). The van der Waals surface area contributed by atoms with Crippen LogP contribution in [0.15, 0.2) is 0 Å². The molecule has 0 aliphatic carbocycles. The van der Waals surface area contributed by atoms with Gasteiger partial charge in [0.1, 0.15) is 0 Å². The predicted octanol–water partition coefficient (Wildman–Crippen LogP) is 1.09. The van der Waals surface area contributed by atoms with Crippen molar-refractivity contribution in [2.45, 2.75) is 33.0 Å². The molecule has 5 nitrogen and oxygen atoms in total. The van der Waals surface area contributed by atoms with Gasteiger partial charge in [0, 0.05) is 19.5 Å². The summed E-state index contributed by atoms with van der Waals surface area (Å²) in [5.74, 6) is -0.145. The molecule has 2 N–H and O–H groups in total. The van der Waals surface area contributed by atoms with E-state index in [-0.39, 0.29) is 6.03 Å². The van der Waals surface area contributed by atoms with Crippen molar-refractivity contribution < 1.29 is 14.3 Å². The van der Waals surface area contributed by atoms with E-state index in [0.717, 1.165) is 6.42 Å². The lowest BCUT2D eigenvalue weighted by atomic mass is 10.0. The van der Waals surface area contributed by atoms with Crippen molar-refractivity contribution in [1.29, 1.82) is 0 Å². The molecule has 1 atom stereocenters. The third kappa shape index (κ3) is 4.37. The fraction of sp³-hybridized carbons (Fsp3) is 0.909. The summed E-state index contributed by atoms with van der Waals surface area (Å²) in [6.07, 6.45) is 0.791. The highest BCUT2D eigenvalue weighted by atomic mass is 16.7. The molecular formula is C11H22N2O3. The quantitative estimate of drug-likeness (QED) is 0.743. The number of carbonyl (C=O) groups is 1. The van der Waals surface area contributed by atoms with Gasteiger partial charge in [-0.1, -0.05) is 6.92 Å². The lowest BCUT2D eigenvalue weighted by molar-refractivity contribution is -0.153. The van der Waals surface area contributed by atoms with E-state index < -0.39 is 5.79 Å². The molecule has 5 heteroatoms. The van der Waals surface area contributed by atoms with E-state index in [2.05, 4.69) is 17.6 Å². The summed E-state index contributed by atoms with van der Waals surface area (Å²) >= 11 is 0. The van der Waals surface area contributed by atoms with Crippen molar-refractivity contribution in [3.8, 4) is 0 Å². The third-order valence-corrected chi connectivity index (χ3v) is 2.57. The Balaban J connectivity index is 2.19. The second-order valence-corrected chi connectivity index (χ2v) is 4.38. The largest absolute Gasteiger partial charge is 0.348 e. The molecular weight excluding hydrogens is 208 g/mol. The van der Waals surface area contributed by atoms with Crippen molar-refractivity contribution in [3.63, 3.8) is 0 Å². The lowest BCUT2D eigenvalue weighted by Crippen LogP contribution is -2.39. The molecule has 0 saturated carbocycles. The summed E-state index contributed by atoms with van der Waals surface area (Å²) < 4.78 is 11.0. The van der Waals surface area contributed by atoms with Crippen molar-refractivity contribution in [2.24, 2.45) is 5.92 Å². The van der Waals surface area contributed by atoms with Crippen molar-refractivity contribution >= 4 is 6.03 Å². The minimum Gasteiger partial charge on any atom is -0.348 e. The zero-order valence-corrected chi connectivity index (χ0v) is 10.3. The van der Waals surface area contributed by atoms with Crippen LogP contribution in [0.4, 0.5) is 4.79 Å². The van der Waals surface area contributed by atoms with Crippen molar-refractivity contribution in [3.05, 3.63) is 0 Å². The first kappa shape index (κ1) is 13.3. The molecule has 1 aliphatic rings. The van der Waals surface area contributed by atoms with E-state index in [0.29, 0.717) is 32.2 Å². The second kappa shape index (κ2) is 6.06. The van der Waals surface area contributed by atoms with Crippen LogP contribution >= 0.6 is 0 Å². The van der Waals surface area contributed by atoms with Gasteiger partial charge in [-0.25, -0.2) is 4.79 Å². The zero-order chi connectivity index (χ0) is 12.0. The standard InChI is InChI=1S/C11H22N2O3/c1-4-12-10(14)13-8-9(2)7-11(3)15-5-6-16-11/h9H,4-8H2,1-3H3,(H2,12,13,14). The molecule has 1 heterocycles. The SMILES string of the molecule is CCNC(=O)NCC(C)CC1(C)OCCO1. The van der Waals surface area contributed by atoms with Gasteiger partial charge in [-0.3, -0.25) is 0 Å². The number of amides is 2. The summed E-state index contributed by atoms with van der Waals surface area (Å²) in [6, 6.07) is -0.118. The number of rotatable bonds is 5. The Morgan fingerprint density at radius 2 is 2.00 bits per heavy atom. The molecule has 1 unspecified atom stereocenters. The third-order valence-electron chi connectivity index (χ3n) is 2.57. The highest BCUT2D eigenvalue weighted by molar-refractivity contribution is 5.73. The molecule has 1 aliphatic heterocycles. The Kier molecular flexibility index (Phi) is 5.02. The molecule has 0 aromatic heterocycles. The van der Waals surface area contributed by atoms with Gasteiger partial charge in [0.2, 0.25) is 0 Å². The van der Waals surface area contributed by atoms with Gasteiger partial charge in [-0.15, -0.1) is 0 Å². The monoisotopic (exact) mass is 230 g/mol. The highest BCUT2D eigenvalue weighted by Crippen LogP contribution is 2.26. The van der Waals surface area contributed by atoms with Crippen LogP contribution in [-0.4, -0.2) is 38.1 Å². The van der Waals surface area contributed by atoms with E-state index in [1.807, 2.05) is 13.8 Å².